The maximum Gasteiger partial charge on any atom is 0.0932 e. The minimum absolute atomic E-state index is 0.00000352. The van der Waals surface area contributed by atoms with Crippen LogP contribution in [0.2, 0.25) is 0 Å². The summed E-state index contributed by atoms with van der Waals surface area (Å²) in [7, 11) is 0. The number of rotatable bonds is 5. The van der Waals surface area contributed by atoms with Crippen molar-refractivity contribution in [3.05, 3.63) is 0 Å². The molecule has 0 amide bonds. The third-order valence-corrected chi connectivity index (χ3v) is 4.77. The zero-order chi connectivity index (χ0) is 13.7. The van der Waals surface area contributed by atoms with Gasteiger partial charge in [0.1, 0.15) is 0 Å². The Morgan fingerprint density at radius 3 is 2.95 bits per heavy atom. The Bertz CT molecular complexity index is 263. The molecule has 1 aliphatic heterocycles. The van der Waals surface area contributed by atoms with Gasteiger partial charge in [0.2, 0.25) is 0 Å². The van der Waals surface area contributed by atoms with E-state index in [1.54, 1.807) is 0 Å². The second-order valence-corrected chi connectivity index (χ2v) is 6.33. The van der Waals surface area contributed by atoms with Crippen LogP contribution in [0.4, 0.5) is 0 Å². The molecular formula is C15H30N2O2. The molecule has 0 aromatic rings. The standard InChI is InChI=1S/C15H30N2O2/c1-2-3-12-4-5-15(16)13(8-12)9-17-6-7-19-14(10-17)11-18/h12-15,18H,2-11,16H2,1H3. The zero-order valence-corrected chi connectivity index (χ0v) is 12.3. The summed E-state index contributed by atoms with van der Waals surface area (Å²) < 4.78 is 5.51. The van der Waals surface area contributed by atoms with Gasteiger partial charge in [-0.1, -0.05) is 19.8 Å². The summed E-state index contributed by atoms with van der Waals surface area (Å²) in [4.78, 5) is 2.43. The van der Waals surface area contributed by atoms with E-state index >= 15 is 0 Å². The smallest absolute Gasteiger partial charge is 0.0932 e. The van der Waals surface area contributed by atoms with E-state index in [0.717, 1.165) is 32.2 Å². The van der Waals surface area contributed by atoms with Crippen LogP contribution in [-0.2, 0) is 4.74 Å². The fourth-order valence-corrected chi connectivity index (χ4v) is 3.65. The lowest BCUT2D eigenvalue weighted by molar-refractivity contribution is -0.0587. The van der Waals surface area contributed by atoms with Gasteiger partial charge in [0, 0.05) is 25.7 Å². The molecule has 4 heteroatoms. The molecule has 2 fully saturated rings. The highest BCUT2D eigenvalue weighted by Crippen LogP contribution is 2.32. The fraction of sp³-hybridized carbons (Fsp3) is 1.00. The van der Waals surface area contributed by atoms with Gasteiger partial charge >= 0.3 is 0 Å². The number of morpholine rings is 1. The largest absolute Gasteiger partial charge is 0.394 e. The summed E-state index contributed by atoms with van der Waals surface area (Å²) in [6.45, 7) is 6.08. The average molecular weight is 270 g/mol. The van der Waals surface area contributed by atoms with Gasteiger partial charge in [-0.2, -0.15) is 0 Å². The molecule has 0 aromatic heterocycles. The van der Waals surface area contributed by atoms with E-state index in [0.29, 0.717) is 12.0 Å². The predicted molar refractivity (Wildman–Crippen MR) is 77.0 cm³/mol. The van der Waals surface area contributed by atoms with Crippen LogP contribution in [0.15, 0.2) is 0 Å². The van der Waals surface area contributed by atoms with E-state index in [2.05, 4.69) is 11.8 Å². The van der Waals surface area contributed by atoms with Crippen molar-refractivity contribution in [1.29, 1.82) is 0 Å². The molecule has 0 spiro atoms. The van der Waals surface area contributed by atoms with Crippen molar-refractivity contribution in [3.63, 3.8) is 0 Å². The molecule has 112 valence electrons. The Hall–Kier alpha value is -0.160. The third-order valence-electron chi connectivity index (χ3n) is 4.77. The van der Waals surface area contributed by atoms with Crippen LogP contribution in [0.1, 0.15) is 39.0 Å². The van der Waals surface area contributed by atoms with Crippen molar-refractivity contribution in [3.8, 4) is 0 Å². The van der Waals surface area contributed by atoms with Crippen LogP contribution in [0, 0.1) is 11.8 Å². The monoisotopic (exact) mass is 270 g/mol. The van der Waals surface area contributed by atoms with Crippen LogP contribution < -0.4 is 5.73 Å². The van der Waals surface area contributed by atoms with Crippen LogP contribution in [-0.4, -0.2) is 55.0 Å². The number of hydrogen-bond donors (Lipinski definition) is 2. The van der Waals surface area contributed by atoms with Crippen LogP contribution in [0.25, 0.3) is 0 Å². The highest BCUT2D eigenvalue weighted by atomic mass is 16.5. The number of aliphatic hydroxyl groups excluding tert-OH is 1. The Morgan fingerprint density at radius 1 is 1.37 bits per heavy atom. The molecule has 1 saturated carbocycles. The minimum Gasteiger partial charge on any atom is -0.394 e. The van der Waals surface area contributed by atoms with Crippen molar-refractivity contribution in [1.82, 2.24) is 4.90 Å². The molecule has 3 N–H and O–H groups in total. The molecule has 2 aliphatic rings. The molecular weight excluding hydrogens is 240 g/mol. The summed E-state index contributed by atoms with van der Waals surface area (Å²) in [6, 6.07) is 0.364. The second kappa shape index (κ2) is 7.58. The van der Waals surface area contributed by atoms with E-state index in [1.807, 2.05) is 0 Å². The lowest BCUT2D eigenvalue weighted by Crippen LogP contribution is -2.49. The SMILES string of the molecule is CCCC1CCC(N)C(CN2CCOC(CO)C2)C1. The molecule has 0 radical (unpaired) electrons. The third kappa shape index (κ3) is 4.42. The van der Waals surface area contributed by atoms with Gasteiger partial charge in [-0.25, -0.2) is 0 Å². The van der Waals surface area contributed by atoms with Gasteiger partial charge in [0.05, 0.1) is 19.3 Å². The minimum atomic E-state index is 0.00000352. The quantitative estimate of drug-likeness (QED) is 0.789. The first-order valence-corrected chi connectivity index (χ1v) is 7.93. The number of hydrogen-bond acceptors (Lipinski definition) is 4. The highest BCUT2D eigenvalue weighted by molar-refractivity contribution is 4.85. The van der Waals surface area contributed by atoms with Crippen molar-refractivity contribution >= 4 is 0 Å². The van der Waals surface area contributed by atoms with Crippen molar-refractivity contribution < 1.29 is 9.84 Å². The van der Waals surface area contributed by atoms with Crippen molar-refractivity contribution in [2.75, 3.05) is 32.8 Å². The van der Waals surface area contributed by atoms with Crippen LogP contribution in [0.5, 0.6) is 0 Å². The molecule has 4 nitrogen and oxygen atoms in total. The van der Waals surface area contributed by atoms with E-state index in [4.69, 9.17) is 10.5 Å². The van der Waals surface area contributed by atoms with Gasteiger partial charge in [0.25, 0.3) is 0 Å². The highest BCUT2D eigenvalue weighted by Gasteiger charge is 2.30. The topological polar surface area (TPSA) is 58.7 Å². The predicted octanol–water partition coefficient (Wildman–Crippen LogP) is 1.22. The first-order valence-electron chi connectivity index (χ1n) is 7.93. The molecule has 1 saturated heterocycles. The lowest BCUT2D eigenvalue weighted by Gasteiger charge is -2.39. The summed E-state index contributed by atoms with van der Waals surface area (Å²) in [5.74, 6) is 1.51. The van der Waals surface area contributed by atoms with Crippen LogP contribution >= 0.6 is 0 Å². The number of aliphatic hydroxyl groups is 1. The molecule has 0 bridgehead atoms. The maximum atomic E-state index is 9.20. The summed E-state index contributed by atoms with van der Waals surface area (Å²) in [5.41, 5.74) is 6.31. The normalized spacial score (nSPS) is 37.4. The number of nitrogens with zero attached hydrogens (tertiary/aromatic N) is 1. The average Bonchev–Trinajstić information content (AvgIpc) is 2.43. The van der Waals surface area contributed by atoms with E-state index in [-0.39, 0.29) is 12.7 Å². The Labute approximate surface area is 117 Å². The van der Waals surface area contributed by atoms with Gasteiger partial charge in [-0.3, -0.25) is 4.90 Å². The molecule has 1 heterocycles. The van der Waals surface area contributed by atoms with Crippen molar-refractivity contribution in [2.24, 2.45) is 17.6 Å². The second-order valence-electron chi connectivity index (χ2n) is 6.33. The first kappa shape index (κ1) is 15.2. The molecule has 4 atom stereocenters. The first-order chi connectivity index (χ1) is 9.22. The van der Waals surface area contributed by atoms with Gasteiger partial charge in [-0.05, 0) is 31.1 Å². The Morgan fingerprint density at radius 2 is 2.21 bits per heavy atom. The number of ether oxygens (including phenoxy) is 1. The van der Waals surface area contributed by atoms with Gasteiger partial charge < -0.3 is 15.6 Å². The molecule has 19 heavy (non-hydrogen) atoms. The molecule has 0 aromatic carbocycles. The maximum absolute atomic E-state index is 9.20. The van der Waals surface area contributed by atoms with Crippen LogP contribution in [0.3, 0.4) is 0 Å². The molecule has 2 rings (SSSR count). The fourth-order valence-electron chi connectivity index (χ4n) is 3.65. The molecule has 1 aliphatic carbocycles. The van der Waals surface area contributed by atoms with E-state index in [1.165, 1.54) is 32.1 Å². The molecule has 4 unspecified atom stereocenters. The van der Waals surface area contributed by atoms with Gasteiger partial charge in [0.15, 0.2) is 0 Å². The Balaban J connectivity index is 1.82. The van der Waals surface area contributed by atoms with E-state index in [9.17, 15) is 5.11 Å². The number of nitrogens with two attached hydrogens (primary N) is 1. The van der Waals surface area contributed by atoms with E-state index < -0.39 is 0 Å². The summed E-state index contributed by atoms with van der Waals surface area (Å²) >= 11 is 0. The summed E-state index contributed by atoms with van der Waals surface area (Å²) in [6.07, 6.45) is 6.43. The lowest BCUT2D eigenvalue weighted by atomic mass is 9.76. The van der Waals surface area contributed by atoms with Crippen molar-refractivity contribution in [2.45, 2.75) is 51.2 Å². The summed E-state index contributed by atoms with van der Waals surface area (Å²) in [5, 5.41) is 9.20. The van der Waals surface area contributed by atoms with Gasteiger partial charge in [-0.15, -0.1) is 0 Å². The Kier molecular flexibility index (Phi) is 6.07. The zero-order valence-electron chi connectivity index (χ0n) is 12.3.